The molecule has 3 amide bonds. The fraction of sp³-hybridized carbons (Fsp3) is 0.250. The Morgan fingerprint density at radius 3 is 2.83 bits per heavy atom. The third-order valence-electron chi connectivity index (χ3n) is 4.56. The van der Waals surface area contributed by atoms with Crippen LogP contribution in [0.1, 0.15) is 23.2 Å². The summed E-state index contributed by atoms with van der Waals surface area (Å²) >= 11 is 6.22. The molecule has 2 aliphatic heterocycles. The molecule has 8 nitrogen and oxygen atoms in total. The van der Waals surface area contributed by atoms with Crippen LogP contribution in [0.4, 0.5) is 17.1 Å². The van der Waals surface area contributed by atoms with E-state index in [-0.39, 0.29) is 23.4 Å². The van der Waals surface area contributed by atoms with Gasteiger partial charge in [-0.05, 0) is 37.1 Å². The number of fused-ring (bicyclic) bond motifs is 1. The summed E-state index contributed by atoms with van der Waals surface area (Å²) in [7, 11) is 0. The van der Waals surface area contributed by atoms with Crippen LogP contribution in [0.15, 0.2) is 36.4 Å². The van der Waals surface area contributed by atoms with Crippen LogP contribution in [-0.2, 0) is 14.3 Å². The normalized spacial score (nSPS) is 17.7. The predicted molar refractivity (Wildman–Crippen MR) is 108 cm³/mol. The fourth-order valence-electron chi connectivity index (χ4n) is 3.14. The van der Waals surface area contributed by atoms with E-state index in [4.69, 9.17) is 21.1 Å². The topological polar surface area (TPSA) is 106 Å². The van der Waals surface area contributed by atoms with Gasteiger partial charge in [-0.1, -0.05) is 17.7 Å². The molecular formula is C20H18ClN3O5. The molecule has 1 unspecified atom stereocenters. The van der Waals surface area contributed by atoms with Crippen LogP contribution >= 0.6 is 11.6 Å². The van der Waals surface area contributed by atoms with Crippen LogP contribution in [0, 0.1) is 0 Å². The lowest BCUT2D eigenvalue weighted by atomic mass is 10.1. The molecular weight excluding hydrogens is 398 g/mol. The molecule has 29 heavy (non-hydrogen) atoms. The number of rotatable bonds is 4. The summed E-state index contributed by atoms with van der Waals surface area (Å²) < 4.78 is 10.7. The van der Waals surface area contributed by atoms with Gasteiger partial charge in [0.1, 0.15) is 11.9 Å². The Morgan fingerprint density at radius 2 is 2.03 bits per heavy atom. The third kappa shape index (κ3) is 4.33. The molecule has 3 N–H and O–H groups in total. The number of nitrogens with one attached hydrogen (secondary N) is 3. The van der Waals surface area contributed by atoms with Crippen molar-refractivity contribution < 1.29 is 23.9 Å². The van der Waals surface area contributed by atoms with Gasteiger partial charge in [-0.25, -0.2) is 0 Å². The van der Waals surface area contributed by atoms with Crippen molar-refractivity contribution in [3.63, 3.8) is 0 Å². The molecule has 0 aromatic heterocycles. The second-order valence-electron chi connectivity index (χ2n) is 6.69. The van der Waals surface area contributed by atoms with E-state index in [0.717, 1.165) is 6.42 Å². The minimum absolute atomic E-state index is 0.103. The van der Waals surface area contributed by atoms with E-state index in [1.165, 1.54) is 6.07 Å². The molecule has 4 rings (SSSR count). The molecule has 2 aromatic carbocycles. The highest BCUT2D eigenvalue weighted by atomic mass is 35.5. The smallest absolute Gasteiger partial charge is 0.262 e. The van der Waals surface area contributed by atoms with Gasteiger partial charge in [0, 0.05) is 23.9 Å². The van der Waals surface area contributed by atoms with Gasteiger partial charge in [-0.15, -0.1) is 0 Å². The van der Waals surface area contributed by atoms with E-state index in [0.29, 0.717) is 41.4 Å². The quantitative estimate of drug-likeness (QED) is 0.711. The van der Waals surface area contributed by atoms with Gasteiger partial charge in [-0.3, -0.25) is 14.4 Å². The molecule has 1 saturated heterocycles. The number of amides is 3. The van der Waals surface area contributed by atoms with Gasteiger partial charge >= 0.3 is 0 Å². The first-order valence-electron chi connectivity index (χ1n) is 9.10. The zero-order valence-electron chi connectivity index (χ0n) is 15.3. The van der Waals surface area contributed by atoms with Gasteiger partial charge in [0.15, 0.2) is 6.61 Å². The van der Waals surface area contributed by atoms with Gasteiger partial charge in [-0.2, -0.15) is 0 Å². The van der Waals surface area contributed by atoms with Gasteiger partial charge in [0.05, 0.1) is 16.4 Å². The second kappa shape index (κ2) is 8.10. The zero-order valence-corrected chi connectivity index (χ0v) is 16.0. The highest BCUT2D eigenvalue weighted by Gasteiger charge is 2.24. The number of benzene rings is 2. The Hall–Kier alpha value is -3.10. The van der Waals surface area contributed by atoms with Crippen molar-refractivity contribution in [2.45, 2.75) is 18.9 Å². The summed E-state index contributed by atoms with van der Waals surface area (Å²) in [5, 5.41) is 8.40. The Bertz CT molecular complexity index is 988. The van der Waals surface area contributed by atoms with Crippen molar-refractivity contribution in [3.05, 3.63) is 47.0 Å². The van der Waals surface area contributed by atoms with Crippen molar-refractivity contribution in [3.8, 4) is 5.75 Å². The highest BCUT2D eigenvalue weighted by molar-refractivity contribution is 6.34. The van der Waals surface area contributed by atoms with Crippen molar-refractivity contribution in [2.24, 2.45) is 0 Å². The summed E-state index contributed by atoms with van der Waals surface area (Å²) in [6.45, 7) is 0.476. The van der Waals surface area contributed by atoms with Crippen LogP contribution in [-0.4, -0.2) is 37.0 Å². The number of hydrogen-bond acceptors (Lipinski definition) is 5. The first kappa shape index (κ1) is 19.2. The van der Waals surface area contributed by atoms with Crippen molar-refractivity contribution in [2.75, 3.05) is 29.2 Å². The average Bonchev–Trinajstić information content (AvgIpc) is 3.24. The molecule has 1 atom stereocenters. The Labute approximate surface area is 171 Å². The van der Waals surface area contributed by atoms with Gasteiger partial charge < -0.3 is 25.4 Å². The summed E-state index contributed by atoms with van der Waals surface area (Å²) in [5.41, 5.74) is 1.64. The summed E-state index contributed by atoms with van der Waals surface area (Å²) in [6, 6.07) is 9.64. The van der Waals surface area contributed by atoms with E-state index in [1.54, 1.807) is 30.3 Å². The standard InChI is InChI=1S/C20H18ClN3O5/c21-13-8-15-17(29-10-18(25)23-15)9-14(13)24-19(26)11-3-1-4-12(7-11)22-20(27)16-5-2-6-28-16/h1,3-4,7-9,16H,2,5-6,10H2,(H,22,27)(H,23,25)(H,24,26). The highest BCUT2D eigenvalue weighted by Crippen LogP contribution is 2.36. The minimum atomic E-state index is -0.456. The lowest BCUT2D eigenvalue weighted by Crippen LogP contribution is -2.27. The molecule has 2 heterocycles. The van der Waals surface area contributed by atoms with Gasteiger partial charge in [0.25, 0.3) is 17.7 Å². The van der Waals surface area contributed by atoms with Crippen molar-refractivity contribution >= 4 is 46.4 Å². The van der Waals surface area contributed by atoms with E-state index in [2.05, 4.69) is 16.0 Å². The van der Waals surface area contributed by atoms with Crippen molar-refractivity contribution in [1.29, 1.82) is 0 Å². The summed E-state index contributed by atoms with van der Waals surface area (Å²) in [6.07, 6.45) is 1.09. The molecule has 2 aliphatic rings. The van der Waals surface area contributed by atoms with E-state index >= 15 is 0 Å². The summed E-state index contributed by atoms with van der Waals surface area (Å²) in [4.78, 5) is 36.2. The molecule has 0 bridgehead atoms. The Balaban J connectivity index is 1.47. The monoisotopic (exact) mass is 415 g/mol. The number of carbonyl (C=O) groups is 3. The second-order valence-corrected chi connectivity index (χ2v) is 7.10. The largest absolute Gasteiger partial charge is 0.482 e. The van der Waals surface area contributed by atoms with Gasteiger partial charge in [0.2, 0.25) is 0 Å². The first-order chi connectivity index (χ1) is 14.0. The number of anilines is 3. The molecule has 2 aromatic rings. The number of ether oxygens (including phenoxy) is 2. The number of carbonyl (C=O) groups excluding carboxylic acids is 3. The SMILES string of the molecule is O=C1COc2cc(NC(=O)c3cccc(NC(=O)C4CCCO4)c3)c(Cl)cc2N1. The van der Waals surface area contributed by atoms with Crippen LogP contribution in [0.2, 0.25) is 5.02 Å². The molecule has 1 fully saturated rings. The maximum atomic E-state index is 12.7. The molecule has 0 radical (unpaired) electrons. The van der Waals surface area contributed by atoms with E-state index < -0.39 is 12.0 Å². The lowest BCUT2D eigenvalue weighted by molar-refractivity contribution is -0.124. The molecule has 0 spiro atoms. The number of hydrogen-bond donors (Lipinski definition) is 3. The number of halogens is 1. The van der Waals surface area contributed by atoms with Crippen molar-refractivity contribution in [1.82, 2.24) is 0 Å². The first-order valence-corrected chi connectivity index (χ1v) is 9.47. The molecule has 150 valence electrons. The van der Waals surface area contributed by atoms with Crippen LogP contribution in [0.5, 0.6) is 5.75 Å². The van der Waals surface area contributed by atoms with E-state index in [9.17, 15) is 14.4 Å². The minimum Gasteiger partial charge on any atom is -0.482 e. The fourth-order valence-corrected chi connectivity index (χ4v) is 3.35. The van der Waals surface area contributed by atoms with Crippen LogP contribution < -0.4 is 20.7 Å². The predicted octanol–water partition coefficient (Wildman–Crippen LogP) is 3.04. The van der Waals surface area contributed by atoms with Crippen LogP contribution in [0.3, 0.4) is 0 Å². The zero-order chi connectivity index (χ0) is 20.4. The third-order valence-corrected chi connectivity index (χ3v) is 4.88. The van der Waals surface area contributed by atoms with E-state index in [1.807, 2.05) is 0 Å². The molecule has 0 aliphatic carbocycles. The molecule has 9 heteroatoms. The van der Waals surface area contributed by atoms with Crippen LogP contribution in [0.25, 0.3) is 0 Å². The Kier molecular flexibility index (Phi) is 5.37. The average molecular weight is 416 g/mol. The lowest BCUT2D eigenvalue weighted by Gasteiger charge is -2.19. The Morgan fingerprint density at radius 1 is 1.17 bits per heavy atom. The molecule has 0 saturated carbocycles. The maximum Gasteiger partial charge on any atom is 0.262 e. The maximum absolute atomic E-state index is 12.7. The summed E-state index contributed by atoms with van der Waals surface area (Å²) in [5.74, 6) is -0.481.